The van der Waals surface area contributed by atoms with Crippen LogP contribution in [0.5, 0.6) is 0 Å². The number of nitrogens with zero attached hydrogens (tertiary/aromatic N) is 3. The third kappa shape index (κ3) is 2.89. The summed E-state index contributed by atoms with van der Waals surface area (Å²) >= 11 is 3.37. The van der Waals surface area contributed by atoms with Gasteiger partial charge in [-0.25, -0.2) is 9.97 Å². The first-order chi connectivity index (χ1) is 10.6. The van der Waals surface area contributed by atoms with Crippen LogP contribution < -0.4 is 5.32 Å². The van der Waals surface area contributed by atoms with E-state index < -0.39 is 0 Å². The van der Waals surface area contributed by atoms with Crippen LogP contribution in [0, 0.1) is 6.92 Å². The van der Waals surface area contributed by atoms with E-state index >= 15 is 0 Å². The Bertz CT molecular complexity index is 800. The molecule has 1 amide bonds. The molecule has 7 heteroatoms. The number of halogens is 1. The van der Waals surface area contributed by atoms with Crippen LogP contribution in [0.15, 0.2) is 51.7 Å². The first kappa shape index (κ1) is 14.4. The van der Waals surface area contributed by atoms with Crippen LogP contribution in [0.4, 0.5) is 5.95 Å². The van der Waals surface area contributed by atoms with Gasteiger partial charge in [-0.05, 0) is 37.3 Å². The van der Waals surface area contributed by atoms with Crippen molar-refractivity contribution in [1.82, 2.24) is 15.1 Å². The maximum atomic E-state index is 12.5. The minimum atomic E-state index is -0.358. The molecule has 0 saturated heterocycles. The van der Waals surface area contributed by atoms with Crippen molar-refractivity contribution in [3.05, 3.63) is 58.5 Å². The van der Waals surface area contributed by atoms with Gasteiger partial charge in [0.1, 0.15) is 5.56 Å². The summed E-state index contributed by atoms with van der Waals surface area (Å²) < 4.78 is 6.25. The summed E-state index contributed by atoms with van der Waals surface area (Å²) in [6.45, 7) is 1.71. The van der Waals surface area contributed by atoms with E-state index in [0.29, 0.717) is 17.0 Å². The molecule has 0 spiro atoms. The molecule has 0 aliphatic carbocycles. The SMILES string of the molecule is Cc1noc(-c2ccc(Br)cc2)c1C(=O)Nc1ncccn1. The van der Waals surface area contributed by atoms with E-state index in [-0.39, 0.29) is 11.9 Å². The highest BCUT2D eigenvalue weighted by atomic mass is 79.9. The van der Waals surface area contributed by atoms with Gasteiger partial charge >= 0.3 is 0 Å². The molecule has 6 nitrogen and oxygen atoms in total. The minimum Gasteiger partial charge on any atom is -0.355 e. The van der Waals surface area contributed by atoms with Gasteiger partial charge in [0.05, 0.1) is 5.69 Å². The lowest BCUT2D eigenvalue weighted by Crippen LogP contribution is -2.15. The number of amides is 1. The quantitative estimate of drug-likeness (QED) is 0.775. The van der Waals surface area contributed by atoms with Gasteiger partial charge in [0.2, 0.25) is 5.95 Å². The lowest BCUT2D eigenvalue weighted by molar-refractivity contribution is 0.102. The zero-order chi connectivity index (χ0) is 15.5. The highest BCUT2D eigenvalue weighted by molar-refractivity contribution is 9.10. The number of hydrogen-bond donors (Lipinski definition) is 1. The second kappa shape index (κ2) is 6.07. The van der Waals surface area contributed by atoms with E-state index in [4.69, 9.17) is 4.52 Å². The number of carbonyl (C=O) groups excluding carboxylic acids is 1. The Labute approximate surface area is 134 Å². The van der Waals surface area contributed by atoms with Crippen molar-refractivity contribution >= 4 is 27.8 Å². The van der Waals surface area contributed by atoms with Crippen molar-refractivity contribution < 1.29 is 9.32 Å². The van der Waals surface area contributed by atoms with E-state index in [1.165, 1.54) is 0 Å². The van der Waals surface area contributed by atoms with Gasteiger partial charge in [-0.3, -0.25) is 10.1 Å². The Hall–Kier alpha value is -2.54. The van der Waals surface area contributed by atoms with Crippen molar-refractivity contribution in [3.8, 4) is 11.3 Å². The van der Waals surface area contributed by atoms with Crippen LogP contribution in [0.2, 0.25) is 0 Å². The fourth-order valence-electron chi connectivity index (χ4n) is 1.96. The molecule has 1 aromatic carbocycles. The molecule has 22 heavy (non-hydrogen) atoms. The molecule has 2 heterocycles. The molecule has 0 unspecified atom stereocenters. The average molecular weight is 359 g/mol. The number of anilines is 1. The first-order valence-corrected chi connectivity index (χ1v) is 7.25. The number of benzene rings is 1. The molecule has 0 bridgehead atoms. The van der Waals surface area contributed by atoms with Crippen LogP contribution in [0.25, 0.3) is 11.3 Å². The molecule has 3 rings (SSSR count). The predicted molar refractivity (Wildman–Crippen MR) is 84.4 cm³/mol. The monoisotopic (exact) mass is 358 g/mol. The largest absolute Gasteiger partial charge is 0.355 e. The third-order valence-corrected chi connectivity index (χ3v) is 3.52. The Balaban J connectivity index is 1.95. The highest BCUT2D eigenvalue weighted by Crippen LogP contribution is 2.27. The normalized spacial score (nSPS) is 10.5. The van der Waals surface area contributed by atoms with Gasteiger partial charge < -0.3 is 4.52 Å². The van der Waals surface area contributed by atoms with Crippen molar-refractivity contribution in [3.63, 3.8) is 0 Å². The van der Waals surface area contributed by atoms with Crippen LogP contribution in [-0.4, -0.2) is 21.0 Å². The topological polar surface area (TPSA) is 80.9 Å². The smallest absolute Gasteiger partial charge is 0.263 e. The van der Waals surface area contributed by atoms with Crippen LogP contribution in [0.1, 0.15) is 16.1 Å². The van der Waals surface area contributed by atoms with Gasteiger partial charge in [-0.1, -0.05) is 21.1 Å². The van der Waals surface area contributed by atoms with Gasteiger partial charge in [0, 0.05) is 22.4 Å². The van der Waals surface area contributed by atoms with Gasteiger partial charge in [-0.2, -0.15) is 0 Å². The van der Waals surface area contributed by atoms with E-state index in [1.807, 2.05) is 24.3 Å². The third-order valence-electron chi connectivity index (χ3n) is 2.99. The van der Waals surface area contributed by atoms with Crippen LogP contribution >= 0.6 is 15.9 Å². The maximum Gasteiger partial charge on any atom is 0.263 e. The zero-order valence-electron chi connectivity index (χ0n) is 11.6. The zero-order valence-corrected chi connectivity index (χ0v) is 13.2. The van der Waals surface area contributed by atoms with Crippen LogP contribution in [0.3, 0.4) is 0 Å². The predicted octanol–water partition coefficient (Wildman–Crippen LogP) is 3.45. The minimum absolute atomic E-state index is 0.231. The van der Waals surface area contributed by atoms with Crippen molar-refractivity contribution in [1.29, 1.82) is 0 Å². The molecular formula is C15H11BrN4O2. The Kier molecular flexibility index (Phi) is 3.97. The second-order valence-electron chi connectivity index (χ2n) is 4.51. The fraction of sp³-hybridized carbons (Fsp3) is 0.0667. The van der Waals surface area contributed by atoms with Crippen LogP contribution in [-0.2, 0) is 0 Å². The van der Waals surface area contributed by atoms with Gasteiger partial charge in [0.25, 0.3) is 5.91 Å². The molecule has 0 fully saturated rings. The standard InChI is InChI=1S/C15H11BrN4O2/c1-9-12(14(21)19-15-17-7-2-8-18-15)13(22-20-9)10-3-5-11(16)6-4-10/h2-8H,1H3,(H,17,18,19,21). The maximum absolute atomic E-state index is 12.5. The lowest BCUT2D eigenvalue weighted by Gasteiger charge is -2.04. The summed E-state index contributed by atoms with van der Waals surface area (Å²) in [6, 6.07) is 9.11. The Morgan fingerprint density at radius 3 is 2.55 bits per heavy atom. The molecule has 3 aromatic rings. The van der Waals surface area contributed by atoms with Crippen molar-refractivity contribution in [2.45, 2.75) is 6.92 Å². The van der Waals surface area contributed by atoms with E-state index in [2.05, 4.69) is 36.4 Å². The number of rotatable bonds is 3. The van der Waals surface area contributed by atoms with Gasteiger partial charge in [-0.15, -0.1) is 0 Å². The Morgan fingerprint density at radius 1 is 1.18 bits per heavy atom. The van der Waals surface area contributed by atoms with E-state index in [1.54, 1.807) is 25.4 Å². The van der Waals surface area contributed by atoms with E-state index in [0.717, 1.165) is 10.0 Å². The molecule has 0 aliphatic rings. The van der Waals surface area contributed by atoms with Crippen molar-refractivity contribution in [2.24, 2.45) is 0 Å². The Morgan fingerprint density at radius 2 is 1.86 bits per heavy atom. The number of hydrogen-bond acceptors (Lipinski definition) is 5. The summed E-state index contributed by atoms with van der Waals surface area (Å²) in [5.41, 5.74) is 1.64. The number of aromatic nitrogens is 3. The lowest BCUT2D eigenvalue weighted by atomic mass is 10.1. The molecule has 1 N–H and O–H groups in total. The number of aryl methyl sites for hydroxylation is 1. The van der Waals surface area contributed by atoms with E-state index in [9.17, 15) is 4.79 Å². The molecule has 0 radical (unpaired) electrons. The average Bonchev–Trinajstić information content (AvgIpc) is 2.91. The fourth-order valence-corrected chi connectivity index (χ4v) is 2.23. The molecule has 2 aromatic heterocycles. The molecule has 0 aliphatic heterocycles. The molecular weight excluding hydrogens is 348 g/mol. The summed E-state index contributed by atoms with van der Waals surface area (Å²) in [7, 11) is 0. The summed E-state index contributed by atoms with van der Waals surface area (Å²) in [5, 5.41) is 6.53. The summed E-state index contributed by atoms with van der Waals surface area (Å²) in [5.74, 6) is 0.288. The van der Waals surface area contributed by atoms with Crippen molar-refractivity contribution in [2.75, 3.05) is 5.32 Å². The number of nitrogens with one attached hydrogen (secondary N) is 1. The summed E-state index contributed by atoms with van der Waals surface area (Å²) in [4.78, 5) is 20.4. The molecule has 0 atom stereocenters. The molecule has 110 valence electrons. The number of carbonyl (C=O) groups is 1. The second-order valence-corrected chi connectivity index (χ2v) is 5.42. The molecule has 0 saturated carbocycles. The summed E-state index contributed by atoms with van der Waals surface area (Å²) in [6.07, 6.45) is 3.11. The van der Waals surface area contributed by atoms with Gasteiger partial charge in [0.15, 0.2) is 5.76 Å². The highest BCUT2D eigenvalue weighted by Gasteiger charge is 2.22. The first-order valence-electron chi connectivity index (χ1n) is 6.46.